The zero-order valence-electron chi connectivity index (χ0n) is 8.65. The van der Waals surface area contributed by atoms with Gasteiger partial charge in [0.25, 0.3) is 0 Å². The summed E-state index contributed by atoms with van der Waals surface area (Å²) in [4.78, 5) is 4.15. The fraction of sp³-hybridized carbons (Fsp3) is 0.0833. The van der Waals surface area contributed by atoms with Crippen LogP contribution < -0.4 is 11.1 Å². The van der Waals surface area contributed by atoms with Crippen molar-refractivity contribution < 1.29 is 4.39 Å². The van der Waals surface area contributed by atoms with E-state index < -0.39 is 0 Å². The molecule has 4 heteroatoms. The average molecular weight is 217 g/mol. The monoisotopic (exact) mass is 217 g/mol. The first kappa shape index (κ1) is 10.4. The van der Waals surface area contributed by atoms with Gasteiger partial charge in [-0.25, -0.2) is 4.39 Å². The van der Waals surface area contributed by atoms with Crippen LogP contribution in [0.1, 0.15) is 5.69 Å². The minimum atomic E-state index is -0.240. The molecule has 0 unspecified atom stereocenters. The summed E-state index contributed by atoms with van der Waals surface area (Å²) < 4.78 is 12.6. The fourth-order valence-corrected chi connectivity index (χ4v) is 1.30. The van der Waals surface area contributed by atoms with Gasteiger partial charge in [-0.05, 0) is 36.4 Å². The molecule has 0 bridgehead atoms. The minimum Gasteiger partial charge on any atom is -0.397 e. The SMILES string of the molecule is Nc1ccc(CNc2ccc(F)cc2)nc1. The number of nitrogens with one attached hydrogen (secondary N) is 1. The Labute approximate surface area is 93.1 Å². The van der Waals surface area contributed by atoms with E-state index in [0.717, 1.165) is 11.4 Å². The molecule has 0 amide bonds. The van der Waals surface area contributed by atoms with E-state index in [-0.39, 0.29) is 5.82 Å². The zero-order chi connectivity index (χ0) is 11.4. The molecule has 2 rings (SSSR count). The first-order valence-electron chi connectivity index (χ1n) is 4.94. The highest BCUT2D eigenvalue weighted by Gasteiger charge is 1.95. The summed E-state index contributed by atoms with van der Waals surface area (Å²) >= 11 is 0. The molecule has 0 fully saturated rings. The maximum absolute atomic E-state index is 12.6. The van der Waals surface area contributed by atoms with Crippen LogP contribution in [0.2, 0.25) is 0 Å². The van der Waals surface area contributed by atoms with Crippen LogP contribution in [0.25, 0.3) is 0 Å². The fourth-order valence-electron chi connectivity index (χ4n) is 1.30. The summed E-state index contributed by atoms with van der Waals surface area (Å²) in [5, 5.41) is 3.14. The summed E-state index contributed by atoms with van der Waals surface area (Å²) in [5.74, 6) is -0.240. The molecule has 0 saturated carbocycles. The van der Waals surface area contributed by atoms with Gasteiger partial charge in [-0.15, -0.1) is 0 Å². The first-order chi connectivity index (χ1) is 7.74. The lowest BCUT2D eigenvalue weighted by Gasteiger charge is -2.05. The Bertz CT molecular complexity index is 405. The van der Waals surface area contributed by atoms with Crippen LogP contribution in [0.3, 0.4) is 0 Å². The summed E-state index contributed by atoms with van der Waals surface area (Å²) in [5.41, 5.74) is 7.92. The Morgan fingerprint density at radius 1 is 1.12 bits per heavy atom. The van der Waals surface area contributed by atoms with E-state index in [2.05, 4.69) is 10.3 Å². The van der Waals surface area contributed by atoms with Gasteiger partial charge in [0.05, 0.1) is 24.1 Å². The molecule has 0 aliphatic rings. The lowest BCUT2D eigenvalue weighted by atomic mass is 10.3. The summed E-state index contributed by atoms with van der Waals surface area (Å²) in [7, 11) is 0. The Morgan fingerprint density at radius 2 is 1.88 bits per heavy atom. The summed E-state index contributed by atoms with van der Waals surface area (Å²) in [6.07, 6.45) is 1.61. The Morgan fingerprint density at radius 3 is 2.50 bits per heavy atom. The maximum Gasteiger partial charge on any atom is 0.123 e. The van der Waals surface area contributed by atoms with Gasteiger partial charge in [0.1, 0.15) is 5.82 Å². The molecule has 3 nitrogen and oxygen atoms in total. The normalized spacial score (nSPS) is 10.1. The van der Waals surface area contributed by atoms with Gasteiger partial charge >= 0.3 is 0 Å². The Balaban J connectivity index is 1.97. The van der Waals surface area contributed by atoms with Gasteiger partial charge in [0.2, 0.25) is 0 Å². The van der Waals surface area contributed by atoms with E-state index in [0.29, 0.717) is 12.2 Å². The number of rotatable bonds is 3. The second-order valence-electron chi connectivity index (χ2n) is 3.44. The quantitative estimate of drug-likeness (QED) is 0.830. The zero-order valence-corrected chi connectivity index (χ0v) is 8.65. The molecule has 0 saturated heterocycles. The molecule has 1 heterocycles. The molecule has 3 N–H and O–H groups in total. The number of nitrogens with zero attached hydrogens (tertiary/aromatic N) is 1. The largest absolute Gasteiger partial charge is 0.397 e. The third-order valence-electron chi connectivity index (χ3n) is 2.17. The van der Waals surface area contributed by atoms with Crippen molar-refractivity contribution in [3.05, 3.63) is 54.1 Å². The van der Waals surface area contributed by atoms with Crippen molar-refractivity contribution in [2.75, 3.05) is 11.1 Å². The molecule has 82 valence electrons. The van der Waals surface area contributed by atoms with E-state index >= 15 is 0 Å². The van der Waals surface area contributed by atoms with Crippen LogP contribution in [0.4, 0.5) is 15.8 Å². The molecule has 0 radical (unpaired) electrons. The van der Waals surface area contributed by atoms with Crippen LogP contribution in [0.15, 0.2) is 42.6 Å². The predicted octanol–water partition coefficient (Wildman–Crippen LogP) is 2.42. The highest BCUT2D eigenvalue weighted by atomic mass is 19.1. The van der Waals surface area contributed by atoms with Crippen molar-refractivity contribution >= 4 is 11.4 Å². The van der Waals surface area contributed by atoms with Gasteiger partial charge in [-0.3, -0.25) is 4.98 Å². The second kappa shape index (κ2) is 4.61. The van der Waals surface area contributed by atoms with Gasteiger partial charge in [-0.1, -0.05) is 0 Å². The molecule has 1 aromatic heterocycles. The highest BCUT2D eigenvalue weighted by molar-refractivity contribution is 5.43. The molecule has 16 heavy (non-hydrogen) atoms. The molecule has 0 atom stereocenters. The lowest BCUT2D eigenvalue weighted by molar-refractivity contribution is 0.628. The third-order valence-corrected chi connectivity index (χ3v) is 2.17. The molecule has 0 aliphatic carbocycles. The number of hydrogen-bond donors (Lipinski definition) is 2. The minimum absolute atomic E-state index is 0.240. The Hall–Kier alpha value is -2.10. The molecule has 0 aliphatic heterocycles. The number of halogens is 1. The van der Waals surface area contributed by atoms with Crippen molar-refractivity contribution in [1.29, 1.82) is 0 Å². The number of anilines is 2. The summed E-state index contributed by atoms with van der Waals surface area (Å²) in [6, 6.07) is 9.86. The number of nitrogens with two attached hydrogens (primary N) is 1. The number of hydrogen-bond acceptors (Lipinski definition) is 3. The van der Waals surface area contributed by atoms with Crippen molar-refractivity contribution in [2.45, 2.75) is 6.54 Å². The van der Waals surface area contributed by atoms with E-state index in [9.17, 15) is 4.39 Å². The molecule has 0 spiro atoms. The second-order valence-corrected chi connectivity index (χ2v) is 3.44. The lowest BCUT2D eigenvalue weighted by Crippen LogP contribution is -2.01. The van der Waals surface area contributed by atoms with E-state index in [1.807, 2.05) is 6.07 Å². The van der Waals surface area contributed by atoms with Crippen LogP contribution >= 0.6 is 0 Å². The third kappa shape index (κ3) is 2.70. The molecular weight excluding hydrogens is 205 g/mol. The molecule has 2 aromatic rings. The van der Waals surface area contributed by atoms with Gasteiger partial charge in [0, 0.05) is 5.69 Å². The topological polar surface area (TPSA) is 50.9 Å². The van der Waals surface area contributed by atoms with Gasteiger partial charge in [0.15, 0.2) is 0 Å². The maximum atomic E-state index is 12.6. The standard InChI is InChI=1S/C12H12FN3/c13-9-1-4-11(5-2-9)16-8-12-6-3-10(14)7-15-12/h1-7,16H,8,14H2. The van der Waals surface area contributed by atoms with Crippen molar-refractivity contribution in [3.63, 3.8) is 0 Å². The van der Waals surface area contributed by atoms with Gasteiger partial charge < -0.3 is 11.1 Å². The summed E-state index contributed by atoms with van der Waals surface area (Å²) in [6.45, 7) is 0.589. The molecule has 1 aromatic carbocycles. The number of nitrogen functional groups attached to an aromatic ring is 1. The number of aromatic nitrogens is 1. The van der Waals surface area contributed by atoms with E-state index in [1.54, 1.807) is 24.4 Å². The number of benzene rings is 1. The average Bonchev–Trinajstić information content (AvgIpc) is 2.30. The van der Waals surface area contributed by atoms with Crippen molar-refractivity contribution in [3.8, 4) is 0 Å². The van der Waals surface area contributed by atoms with Crippen LogP contribution in [0, 0.1) is 5.82 Å². The van der Waals surface area contributed by atoms with Crippen LogP contribution in [-0.4, -0.2) is 4.98 Å². The van der Waals surface area contributed by atoms with Crippen LogP contribution in [-0.2, 0) is 6.54 Å². The van der Waals surface area contributed by atoms with Crippen molar-refractivity contribution in [1.82, 2.24) is 4.98 Å². The van der Waals surface area contributed by atoms with E-state index in [1.165, 1.54) is 12.1 Å². The van der Waals surface area contributed by atoms with E-state index in [4.69, 9.17) is 5.73 Å². The molecular formula is C12H12FN3. The van der Waals surface area contributed by atoms with Crippen LogP contribution in [0.5, 0.6) is 0 Å². The highest BCUT2D eigenvalue weighted by Crippen LogP contribution is 2.10. The Kier molecular flexibility index (Phi) is 3.00. The predicted molar refractivity (Wildman–Crippen MR) is 62.4 cm³/mol. The first-order valence-corrected chi connectivity index (χ1v) is 4.94. The smallest absolute Gasteiger partial charge is 0.123 e. The van der Waals surface area contributed by atoms with Gasteiger partial charge in [-0.2, -0.15) is 0 Å². The van der Waals surface area contributed by atoms with Crippen molar-refractivity contribution in [2.24, 2.45) is 0 Å². The number of pyridine rings is 1.